The maximum Gasteiger partial charge on any atom is 0.224 e. The minimum absolute atomic E-state index is 0.0759. The fourth-order valence-electron chi connectivity index (χ4n) is 1.93. The van der Waals surface area contributed by atoms with Crippen LogP contribution in [0.3, 0.4) is 0 Å². The summed E-state index contributed by atoms with van der Waals surface area (Å²) in [7, 11) is 2.13. The van der Waals surface area contributed by atoms with Crippen LogP contribution in [0.2, 0.25) is 0 Å². The van der Waals surface area contributed by atoms with Gasteiger partial charge >= 0.3 is 0 Å². The molecule has 1 fully saturated rings. The number of rotatable bonds is 4. The summed E-state index contributed by atoms with van der Waals surface area (Å²) in [5.41, 5.74) is 0. The highest BCUT2D eigenvalue weighted by Crippen LogP contribution is 2.14. The lowest BCUT2D eigenvalue weighted by Gasteiger charge is -2.29. The third-order valence-corrected chi connectivity index (χ3v) is 3.43. The SMILES string of the molecule is CC(CCl)C(=O)NCC1CCCN(C)C1. The van der Waals surface area contributed by atoms with Crippen molar-refractivity contribution in [2.75, 3.05) is 32.6 Å². The van der Waals surface area contributed by atoms with E-state index < -0.39 is 0 Å². The summed E-state index contributed by atoms with van der Waals surface area (Å²) in [5.74, 6) is 1.01. The molecule has 0 aromatic carbocycles. The summed E-state index contributed by atoms with van der Waals surface area (Å²) in [6.45, 7) is 4.93. The molecule has 88 valence electrons. The molecule has 1 N–H and O–H groups in total. The van der Waals surface area contributed by atoms with Crippen molar-refractivity contribution in [3.8, 4) is 0 Å². The Morgan fingerprint density at radius 2 is 2.40 bits per heavy atom. The first-order chi connectivity index (χ1) is 7.13. The van der Waals surface area contributed by atoms with Crippen molar-refractivity contribution in [2.24, 2.45) is 11.8 Å². The molecular formula is C11H21ClN2O. The van der Waals surface area contributed by atoms with Crippen molar-refractivity contribution in [1.82, 2.24) is 10.2 Å². The van der Waals surface area contributed by atoms with E-state index in [0.717, 1.165) is 13.1 Å². The number of nitrogens with one attached hydrogen (secondary N) is 1. The third-order valence-electron chi connectivity index (χ3n) is 2.97. The number of amides is 1. The van der Waals surface area contributed by atoms with E-state index in [2.05, 4.69) is 17.3 Å². The second kappa shape index (κ2) is 6.33. The van der Waals surface area contributed by atoms with Gasteiger partial charge in [0.2, 0.25) is 5.91 Å². The van der Waals surface area contributed by atoms with E-state index in [1.807, 2.05) is 6.92 Å². The van der Waals surface area contributed by atoms with Gasteiger partial charge in [-0.05, 0) is 32.4 Å². The van der Waals surface area contributed by atoms with E-state index in [0.29, 0.717) is 11.8 Å². The molecule has 1 amide bonds. The first-order valence-electron chi connectivity index (χ1n) is 5.65. The minimum atomic E-state index is -0.0759. The molecule has 0 aliphatic carbocycles. The van der Waals surface area contributed by atoms with Crippen molar-refractivity contribution in [3.63, 3.8) is 0 Å². The maximum absolute atomic E-state index is 11.5. The molecule has 1 rings (SSSR count). The number of piperidine rings is 1. The molecule has 2 atom stereocenters. The van der Waals surface area contributed by atoms with Crippen molar-refractivity contribution in [3.05, 3.63) is 0 Å². The summed E-state index contributed by atoms with van der Waals surface area (Å²) in [6, 6.07) is 0. The first-order valence-corrected chi connectivity index (χ1v) is 6.19. The zero-order chi connectivity index (χ0) is 11.3. The molecule has 4 heteroatoms. The van der Waals surface area contributed by atoms with Gasteiger partial charge in [-0.2, -0.15) is 0 Å². The maximum atomic E-state index is 11.5. The fraction of sp³-hybridized carbons (Fsp3) is 0.909. The average Bonchev–Trinajstić information content (AvgIpc) is 2.25. The Kier molecular flexibility index (Phi) is 5.40. The van der Waals surface area contributed by atoms with E-state index in [4.69, 9.17) is 11.6 Å². The molecule has 1 aliphatic heterocycles. The Hall–Kier alpha value is -0.280. The molecule has 1 heterocycles. The first kappa shape index (κ1) is 12.8. The quantitative estimate of drug-likeness (QED) is 0.742. The molecule has 0 aromatic rings. The van der Waals surface area contributed by atoms with Gasteiger partial charge in [0.25, 0.3) is 0 Å². The van der Waals surface area contributed by atoms with Crippen LogP contribution in [0.5, 0.6) is 0 Å². The van der Waals surface area contributed by atoms with Gasteiger partial charge in [0.15, 0.2) is 0 Å². The number of nitrogens with zero attached hydrogens (tertiary/aromatic N) is 1. The standard InChI is InChI=1S/C11H21ClN2O/c1-9(6-12)11(15)13-7-10-4-3-5-14(2)8-10/h9-10H,3-8H2,1-2H3,(H,13,15). The van der Waals surface area contributed by atoms with Gasteiger partial charge in [-0.15, -0.1) is 11.6 Å². The van der Waals surface area contributed by atoms with Gasteiger partial charge in [-0.25, -0.2) is 0 Å². The largest absolute Gasteiger partial charge is 0.356 e. The lowest BCUT2D eigenvalue weighted by molar-refractivity contribution is -0.124. The van der Waals surface area contributed by atoms with Crippen molar-refractivity contribution in [1.29, 1.82) is 0 Å². The Morgan fingerprint density at radius 3 is 3.00 bits per heavy atom. The number of halogens is 1. The summed E-state index contributed by atoms with van der Waals surface area (Å²) in [6.07, 6.45) is 2.46. The van der Waals surface area contributed by atoms with Crippen LogP contribution in [0.1, 0.15) is 19.8 Å². The number of carbonyl (C=O) groups is 1. The highest BCUT2D eigenvalue weighted by molar-refractivity contribution is 6.19. The molecule has 2 unspecified atom stereocenters. The van der Waals surface area contributed by atoms with E-state index >= 15 is 0 Å². The zero-order valence-electron chi connectivity index (χ0n) is 9.63. The number of hydrogen-bond donors (Lipinski definition) is 1. The van der Waals surface area contributed by atoms with E-state index in [1.54, 1.807) is 0 Å². The topological polar surface area (TPSA) is 32.3 Å². The fourth-order valence-corrected chi connectivity index (χ4v) is 2.07. The Morgan fingerprint density at radius 1 is 1.67 bits per heavy atom. The average molecular weight is 233 g/mol. The number of alkyl halides is 1. The second-order valence-electron chi connectivity index (χ2n) is 4.57. The van der Waals surface area contributed by atoms with Crippen LogP contribution in [-0.2, 0) is 4.79 Å². The van der Waals surface area contributed by atoms with Crippen molar-refractivity contribution >= 4 is 17.5 Å². The van der Waals surface area contributed by atoms with Crippen LogP contribution >= 0.6 is 11.6 Å². The minimum Gasteiger partial charge on any atom is -0.356 e. The molecule has 0 aromatic heterocycles. The third kappa shape index (κ3) is 4.39. The summed E-state index contributed by atoms with van der Waals surface area (Å²) in [5, 5.41) is 2.97. The predicted octanol–water partition coefficient (Wildman–Crippen LogP) is 1.32. The second-order valence-corrected chi connectivity index (χ2v) is 4.88. The van der Waals surface area contributed by atoms with Crippen molar-refractivity contribution in [2.45, 2.75) is 19.8 Å². The highest BCUT2D eigenvalue weighted by atomic mass is 35.5. The molecule has 1 aliphatic rings. The molecule has 15 heavy (non-hydrogen) atoms. The smallest absolute Gasteiger partial charge is 0.224 e. The lowest BCUT2D eigenvalue weighted by atomic mass is 9.98. The van der Waals surface area contributed by atoms with Crippen LogP contribution < -0.4 is 5.32 Å². The molecular weight excluding hydrogens is 212 g/mol. The van der Waals surface area contributed by atoms with Gasteiger partial charge in [0.05, 0.1) is 0 Å². The monoisotopic (exact) mass is 232 g/mol. The Labute approximate surface area is 97.2 Å². The molecule has 0 saturated carbocycles. The number of likely N-dealkylation sites (tertiary alicyclic amines) is 1. The van der Waals surface area contributed by atoms with Gasteiger partial charge in [0, 0.05) is 24.9 Å². The summed E-state index contributed by atoms with van der Waals surface area (Å²) in [4.78, 5) is 13.8. The molecule has 0 spiro atoms. The predicted molar refractivity (Wildman–Crippen MR) is 63.1 cm³/mol. The van der Waals surface area contributed by atoms with Crippen molar-refractivity contribution < 1.29 is 4.79 Å². The highest BCUT2D eigenvalue weighted by Gasteiger charge is 2.18. The Balaban J connectivity index is 2.21. The summed E-state index contributed by atoms with van der Waals surface area (Å²) < 4.78 is 0. The van der Waals surface area contributed by atoms with Gasteiger partial charge < -0.3 is 10.2 Å². The lowest BCUT2D eigenvalue weighted by Crippen LogP contribution is -2.40. The van der Waals surface area contributed by atoms with E-state index in [9.17, 15) is 4.79 Å². The van der Waals surface area contributed by atoms with Crippen LogP contribution in [0.15, 0.2) is 0 Å². The van der Waals surface area contributed by atoms with Crippen LogP contribution in [0.4, 0.5) is 0 Å². The number of carbonyl (C=O) groups excluding carboxylic acids is 1. The zero-order valence-corrected chi connectivity index (χ0v) is 10.4. The van der Waals surface area contributed by atoms with Crippen LogP contribution in [-0.4, -0.2) is 43.4 Å². The van der Waals surface area contributed by atoms with Crippen LogP contribution in [0.25, 0.3) is 0 Å². The summed E-state index contributed by atoms with van der Waals surface area (Å²) >= 11 is 5.62. The van der Waals surface area contributed by atoms with Gasteiger partial charge in [-0.3, -0.25) is 4.79 Å². The van der Waals surface area contributed by atoms with Crippen LogP contribution in [0, 0.1) is 11.8 Å². The molecule has 1 saturated heterocycles. The molecule has 0 radical (unpaired) electrons. The molecule has 0 bridgehead atoms. The normalized spacial score (nSPS) is 24.9. The van der Waals surface area contributed by atoms with E-state index in [-0.39, 0.29) is 11.8 Å². The van der Waals surface area contributed by atoms with Gasteiger partial charge in [-0.1, -0.05) is 6.92 Å². The van der Waals surface area contributed by atoms with Gasteiger partial charge in [0.1, 0.15) is 0 Å². The van der Waals surface area contributed by atoms with E-state index in [1.165, 1.54) is 19.4 Å². The molecule has 3 nitrogen and oxygen atoms in total. The number of hydrogen-bond acceptors (Lipinski definition) is 2. The Bertz CT molecular complexity index is 211.